The van der Waals surface area contributed by atoms with Crippen molar-refractivity contribution in [2.45, 2.75) is 64.5 Å². The quantitative estimate of drug-likeness (QED) is 0.218. The number of rotatable bonds is 6. The molecule has 1 amide bonds. The number of piperidine rings is 2. The van der Waals surface area contributed by atoms with Gasteiger partial charge in [-0.3, -0.25) is 14.7 Å². The van der Waals surface area contributed by atoms with Crippen molar-refractivity contribution in [1.82, 2.24) is 14.8 Å². The first-order valence-electron chi connectivity index (χ1n) is 13.9. The average Bonchev–Trinajstić information content (AvgIpc) is 2.95. The Morgan fingerprint density at radius 3 is 2.62 bits per heavy atom. The second-order valence-corrected chi connectivity index (χ2v) is 12.2. The van der Waals surface area contributed by atoms with Crippen LogP contribution in [0.4, 0.5) is 0 Å². The lowest BCUT2D eigenvalue weighted by Crippen LogP contribution is -2.60. The van der Waals surface area contributed by atoms with Crippen LogP contribution < -0.4 is 0 Å². The second-order valence-electron chi connectivity index (χ2n) is 10.9. The SMILES string of the molecule is CCO/N=C(\c1ccc(Br)cc1)C1CCCCN1C1(C)CCN(C(=O)c2ccnc3cc(Cl)c(C)cc23)CC1. The summed E-state index contributed by atoms with van der Waals surface area (Å²) in [5, 5.41) is 6.17. The van der Waals surface area contributed by atoms with Crippen LogP contribution in [0.25, 0.3) is 10.9 Å². The van der Waals surface area contributed by atoms with E-state index in [1.165, 1.54) is 12.8 Å². The van der Waals surface area contributed by atoms with Crippen LogP contribution in [0.3, 0.4) is 0 Å². The van der Waals surface area contributed by atoms with Gasteiger partial charge in [-0.1, -0.05) is 51.2 Å². The molecule has 3 aromatic rings. The molecule has 2 aliphatic heterocycles. The number of amides is 1. The summed E-state index contributed by atoms with van der Waals surface area (Å²) < 4.78 is 1.05. The van der Waals surface area contributed by atoms with Gasteiger partial charge in [0.1, 0.15) is 12.3 Å². The number of likely N-dealkylation sites (tertiary alicyclic amines) is 2. The van der Waals surface area contributed by atoms with Crippen LogP contribution in [0.5, 0.6) is 0 Å². The van der Waals surface area contributed by atoms with Gasteiger partial charge in [-0.05, 0) is 88.9 Å². The lowest BCUT2D eigenvalue weighted by Gasteiger charge is -2.51. The molecule has 2 aliphatic rings. The van der Waals surface area contributed by atoms with Crippen LogP contribution >= 0.6 is 27.5 Å². The zero-order chi connectivity index (χ0) is 27.6. The molecule has 1 aromatic heterocycles. The summed E-state index contributed by atoms with van der Waals surface area (Å²) in [5.41, 5.74) is 4.46. The molecule has 3 heterocycles. The summed E-state index contributed by atoms with van der Waals surface area (Å²) in [7, 11) is 0. The van der Waals surface area contributed by atoms with Crippen molar-refractivity contribution in [3.63, 3.8) is 0 Å². The number of aryl methyl sites for hydroxylation is 1. The Morgan fingerprint density at radius 2 is 1.90 bits per heavy atom. The van der Waals surface area contributed by atoms with Gasteiger partial charge in [-0.25, -0.2) is 0 Å². The number of aromatic nitrogens is 1. The molecule has 2 aromatic carbocycles. The topological polar surface area (TPSA) is 58.0 Å². The molecule has 0 radical (unpaired) electrons. The van der Waals surface area contributed by atoms with E-state index in [-0.39, 0.29) is 17.5 Å². The van der Waals surface area contributed by atoms with E-state index in [0.717, 1.165) is 58.0 Å². The van der Waals surface area contributed by atoms with E-state index in [1.54, 1.807) is 6.20 Å². The van der Waals surface area contributed by atoms with Crippen LogP contribution in [0.2, 0.25) is 5.02 Å². The van der Waals surface area contributed by atoms with Gasteiger partial charge >= 0.3 is 0 Å². The lowest BCUT2D eigenvalue weighted by molar-refractivity contribution is 0.00568. The lowest BCUT2D eigenvalue weighted by atomic mass is 9.82. The Balaban J connectivity index is 1.37. The number of halogens is 2. The third-order valence-corrected chi connectivity index (χ3v) is 9.26. The smallest absolute Gasteiger partial charge is 0.254 e. The number of nitrogens with zero attached hydrogens (tertiary/aromatic N) is 4. The zero-order valence-electron chi connectivity index (χ0n) is 22.9. The molecule has 39 heavy (non-hydrogen) atoms. The normalized spacial score (nSPS) is 20.3. The Labute approximate surface area is 244 Å². The maximum atomic E-state index is 13.7. The number of hydrogen-bond acceptors (Lipinski definition) is 5. The van der Waals surface area contributed by atoms with Crippen molar-refractivity contribution in [2.24, 2.45) is 5.16 Å². The van der Waals surface area contributed by atoms with E-state index in [0.29, 0.717) is 30.3 Å². The summed E-state index contributed by atoms with van der Waals surface area (Å²) in [6.45, 7) is 9.28. The van der Waals surface area contributed by atoms with E-state index in [9.17, 15) is 4.79 Å². The Hall–Kier alpha value is -2.48. The maximum absolute atomic E-state index is 13.7. The van der Waals surface area contributed by atoms with Crippen molar-refractivity contribution in [3.8, 4) is 0 Å². The summed E-state index contributed by atoms with van der Waals surface area (Å²) in [6, 6.07) is 14.2. The molecule has 5 rings (SSSR count). The summed E-state index contributed by atoms with van der Waals surface area (Å²) in [6.07, 6.45) is 6.90. The molecule has 8 heteroatoms. The number of carbonyl (C=O) groups is 1. The molecule has 0 bridgehead atoms. The van der Waals surface area contributed by atoms with E-state index in [4.69, 9.17) is 16.4 Å². The fraction of sp³-hybridized carbons (Fsp3) is 0.452. The van der Waals surface area contributed by atoms with Crippen molar-refractivity contribution >= 4 is 50.1 Å². The summed E-state index contributed by atoms with van der Waals surface area (Å²) in [4.78, 5) is 28.4. The third-order valence-electron chi connectivity index (χ3n) is 8.32. The van der Waals surface area contributed by atoms with E-state index >= 15 is 0 Å². The van der Waals surface area contributed by atoms with Gasteiger partial charge in [0.25, 0.3) is 5.91 Å². The van der Waals surface area contributed by atoms with Crippen LogP contribution in [0.15, 0.2) is 58.3 Å². The van der Waals surface area contributed by atoms with E-state index in [1.807, 2.05) is 36.9 Å². The standard InChI is InChI=1S/C31H36BrClN4O2/c1-4-39-35-29(22-8-10-23(32)11-9-22)28-7-5-6-16-37(28)31(3)13-17-36(18-14-31)30(38)24-12-15-34-27-20-26(33)21(2)19-25(24)27/h8-12,15,19-20,28H,4-7,13-14,16-18H2,1-3H3/b35-29+. The first-order chi connectivity index (χ1) is 18.8. The highest BCUT2D eigenvalue weighted by molar-refractivity contribution is 9.10. The third kappa shape index (κ3) is 5.86. The van der Waals surface area contributed by atoms with Gasteiger partial charge in [-0.2, -0.15) is 0 Å². The first kappa shape index (κ1) is 28.1. The summed E-state index contributed by atoms with van der Waals surface area (Å²) in [5.74, 6) is 0.0647. The predicted octanol–water partition coefficient (Wildman–Crippen LogP) is 7.25. The Kier molecular flexibility index (Phi) is 8.60. The van der Waals surface area contributed by atoms with Crippen LogP contribution in [0.1, 0.15) is 67.4 Å². The monoisotopic (exact) mass is 610 g/mol. The predicted molar refractivity (Wildman–Crippen MR) is 162 cm³/mol. The molecule has 0 aliphatic carbocycles. The molecule has 6 nitrogen and oxygen atoms in total. The molecule has 0 spiro atoms. The second kappa shape index (κ2) is 11.9. The van der Waals surface area contributed by atoms with E-state index in [2.05, 4.69) is 62.2 Å². The maximum Gasteiger partial charge on any atom is 0.254 e. The number of oxime groups is 1. The largest absolute Gasteiger partial charge is 0.396 e. The zero-order valence-corrected chi connectivity index (χ0v) is 25.3. The fourth-order valence-electron chi connectivity index (χ4n) is 6.03. The molecule has 0 saturated carbocycles. The molecule has 206 valence electrons. The molecular weight excluding hydrogens is 576 g/mol. The van der Waals surface area contributed by atoms with Gasteiger partial charge in [0.05, 0.1) is 17.1 Å². The van der Waals surface area contributed by atoms with Gasteiger partial charge in [0.15, 0.2) is 0 Å². The van der Waals surface area contributed by atoms with Crippen LogP contribution in [-0.2, 0) is 4.84 Å². The number of fused-ring (bicyclic) bond motifs is 1. The van der Waals surface area contributed by atoms with Gasteiger partial charge in [0.2, 0.25) is 0 Å². The number of benzene rings is 2. The molecule has 0 N–H and O–H groups in total. The van der Waals surface area contributed by atoms with Crippen LogP contribution in [0, 0.1) is 6.92 Å². The minimum absolute atomic E-state index is 0.0331. The highest BCUT2D eigenvalue weighted by Crippen LogP contribution is 2.36. The minimum atomic E-state index is -0.0331. The molecule has 1 unspecified atom stereocenters. The molecule has 1 atom stereocenters. The first-order valence-corrected chi connectivity index (χ1v) is 15.0. The molecular formula is C31H36BrClN4O2. The fourth-order valence-corrected chi connectivity index (χ4v) is 6.46. The van der Waals surface area contributed by atoms with Gasteiger partial charge < -0.3 is 9.74 Å². The van der Waals surface area contributed by atoms with Gasteiger partial charge in [-0.15, -0.1) is 0 Å². The Bertz CT molecular complexity index is 1370. The highest BCUT2D eigenvalue weighted by Gasteiger charge is 2.43. The van der Waals surface area contributed by atoms with Gasteiger partial charge in [0, 0.05) is 45.3 Å². The number of carbonyl (C=O) groups excluding carboxylic acids is 1. The minimum Gasteiger partial charge on any atom is -0.396 e. The molecule has 2 saturated heterocycles. The van der Waals surface area contributed by atoms with Crippen molar-refractivity contribution in [2.75, 3.05) is 26.2 Å². The van der Waals surface area contributed by atoms with Crippen molar-refractivity contribution in [3.05, 3.63) is 74.8 Å². The number of hydrogen-bond donors (Lipinski definition) is 0. The van der Waals surface area contributed by atoms with Crippen LogP contribution in [-0.4, -0.2) is 64.2 Å². The van der Waals surface area contributed by atoms with E-state index < -0.39 is 0 Å². The number of pyridine rings is 1. The Morgan fingerprint density at radius 1 is 1.15 bits per heavy atom. The average molecular weight is 612 g/mol. The van der Waals surface area contributed by atoms with Crippen molar-refractivity contribution in [1.29, 1.82) is 0 Å². The molecule has 2 fully saturated rings. The highest BCUT2D eigenvalue weighted by atomic mass is 79.9. The summed E-state index contributed by atoms with van der Waals surface area (Å²) >= 11 is 9.88. The van der Waals surface area contributed by atoms with Crippen molar-refractivity contribution < 1.29 is 9.63 Å².